The van der Waals surface area contributed by atoms with Crippen molar-refractivity contribution in [1.29, 1.82) is 0 Å². The van der Waals surface area contributed by atoms with E-state index in [1.165, 1.54) is 0 Å². The first-order valence-corrected chi connectivity index (χ1v) is 7.35. The molecule has 1 aliphatic rings. The zero-order chi connectivity index (χ0) is 14.4. The summed E-state index contributed by atoms with van der Waals surface area (Å²) in [5, 5.41) is 16.0. The molecule has 0 saturated heterocycles. The zero-order valence-corrected chi connectivity index (χ0v) is 12.1. The molecular formula is C16H24N2O2. The van der Waals surface area contributed by atoms with Gasteiger partial charge in [0.25, 0.3) is 0 Å². The summed E-state index contributed by atoms with van der Waals surface area (Å²) in [5.74, 6) is 0.683. The first-order chi connectivity index (χ1) is 9.57. The van der Waals surface area contributed by atoms with Gasteiger partial charge in [0.1, 0.15) is 0 Å². The summed E-state index contributed by atoms with van der Waals surface area (Å²) in [6.45, 7) is 3.04. The van der Waals surface area contributed by atoms with Crippen LogP contribution in [0, 0.1) is 5.92 Å². The highest BCUT2D eigenvalue weighted by atomic mass is 16.3. The fourth-order valence-electron chi connectivity index (χ4n) is 2.56. The summed E-state index contributed by atoms with van der Waals surface area (Å²) in [6, 6.07) is 9.55. The third-order valence-electron chi connectivity index (χ3n) is 4.08. The van der Waals surface area contributed by atoms with E-state index in [4.69, 9.17) is 0 Å². The van der Waals surface area contributed by atoms with Crippen LogP contribution in [0.1, 0.15) is 38.2 Å². The number of rotatable bonds is 4. The van der Waals surface area contributed by atoms with Crippen LogP contribution in [0.15, 0.2) is 30.3 Å². The Morgan fingerprint density at radius 1 is 1.25 bits per heavy atom. The molecule has 4 heteroatoms. The molecule has 1 fully saturated rings. The average Bonchev–Trinajstić information content (AvgIpc) is 2.48. The van der Waals surface area contributed by atoms with Crippen molar-refractivity contribution in [3.8, 4) is 0 Å². The number of nitrogens with one attached hydrogen (secondary N) is 2. The van der Waals surface area contributed by atoms with Gasteiger partial charge in [-0.05, 0) is 37.2 Å². The molecule has 0 spiro atoms. The SMILES string of the molecule is CC1CCC(O)(CNC(=O)NCc2ccccc2)CC1. The van der Waals surface area contributed by atoms with E-state index >= 15 is 0 Å². The molecule has 0 aromatic heterocycles. The van der Waals surface area contributed by atoms with E-state index in [2.05, 4.69) is 17.6 Å². The van der Waals surface area contributed by atoms with Gasteiger partial charge in [-0.1, -0.05) is 37.3 Å². The van der Waals surface area contributed by atoms with Crippen molar-refractivity contribution in [3.63, 3.8) is 0 Å². The number of hydrogen-bond donors (Lipinski definition) is 3. The Hall–Kier alpha value is -1.55. The number of carbonyl (C=O) groups excluding carboxylic acids is 1. The van der Waals surface area contributed by atoms with E-state index in [1.807, 2.05) is 30.3 Å². The van der Waals surface area contributed by atoms with E-state index in [-0.39, 0.29) is 6.03 Å². The predicted octanol–water partition coefficient (Wildman–Crippen LogP) is 2.43. The van der Waals surface area contributed by atoms with Crippen molar-refractivity contribution < 1.29 is 9.90 Å². The van der Waals surface area contributed by atoms with Crippen LogP contribution in [0.3, 0.4) is 0 Å². The van der Waals surface area contributed by atoms with Crippen LogP contribution in [0.5, 0.6) is 0 Å². The van der Waals surface area contributed by atoms with Gasteiger partial charge in [0, 0.05) is 13.1 Å². The Morgan fingerprint density at radius 2 is 1.90 bits per heavy atom. The van der Waals surface area contributed by atoms with Gasteiger partial charge in [0.05, 0.1) is 5.60 Å². The lowest BCUT2D eigenvalue weighted by atomic mass is 9.79. The van der Waals surface area contributed by atoms with Crippen LogP contribution in [0.2, 0.25) is 0 Å². The highest BCUT2D eigenvalue weighted by Gasteiger charge is 2.31. The Bertz CT molecular complexity index is 425. The van der Waals surface area contributed by atoms with Crippen LogP contribution in [0.25, 0.3) is 0 Å². The molecule has 1 aliphatic carbocycles. The summed E-state index contributed by atoms with van der Waals surface area (Å²) in [4.78, 5) is 11.7. The maximum atomic E-state index is 11.7. The molecule has 4 nitrogen and oxygen atoms in total. The second-order valence-electron chi connectivity index (χ2n) is 5.93. The minimum Gasteiger partial charge on any atom is -0.388 e. The molecule has 0 heterocycles. The molecule has 2 rings (SSSR count). The summed E-state index contributed by atoms with van der Waals surface area (Å²) < 4.78 is 0. The quantitative estimate of drug-likeness (QED) is 0.791. The Labute approximate surface area is 120 Å². The Balaban J connectivity index is 1.70. The first kappa shape index (κ1) is 14.9. The van der Waals surface area contributed by atoms with Gasteiger partial charge in [0.15, 0.2) is 0 Å². The van der Waals surface area contributed by atoms with Crippen molar-refractivity contribution in [3.05, 3.63) is 35.9 Å². The van der Waals surface area contributed by atoms with Crippen LogP contribution in [0.4, 0.5) is 4.79 Å². The molecule has 0 bridgehead atoms. The summed E-state index contributed by atoms with van der Waals surface area (Å²) >= 11 is 0. The van der Waals surface area contributed by atoms with E-state index in [0.29, 0.717) is 19.0 Å². The van der Waals surface area contributed by atoms with E-state index < -0.39 is 5.60 Å². The lowest BCUT2D eigenvalue weighted by Gasteiger charge is -2.34. The zero-order valence-electron chi connectivity index (χ0n) is 12.1. The van der Waals surface area contributed by atoms with Crippen molar-refractivity contribution in [2.45, 2.75) is 44.8 Å². The molecule has 1 aromatic carbocycles. The fraction of sp³-hybridized carbons (Fsp3) is 0.562. The molecule has 0 atom stereocenters. The predicted molar refractivity (Wildman–Crippen MR) is 79.3 cm³/mol. The number of amides is 2. The standard InChI is InChI=1S/C16H24N2O2/c1-13-7-9-16(20,10-8-13)12-18-15(19)17-11-14-5-3-2-4-6-14/h2-6,13,20H,7-12H2,1H3,(H2,17,18,19). The maximum Gasteiger partial charge on any atom is 0.315 e. The highest BCUT2D eigenvalue weighted by Crippen LogP contribution is 2.31. The molecule has 1 aromatic rings. The van der Waals surface area contributed by atoms with Crippen LogP contribution < -0.4 is 10.6 Å². The largest absolute Gasteiger partial charge is 0.388 e. The molecule has 0 aliphatic heterocycles. The number of aliphatic hydroxyl groups is 1. The van der Waals surface area contributed by atoms with Gasteiger partial charge in [-0.25, -0.2) is 4.79 Å². The molecule has 3 N–H and O–H groups in total. The van der Waals surface area contributed by atoms with Gasteiger partial charge in [-0.2, -0.15) is 0 Å². The Morgan fingerprint density at radius 3 is 2.55 bits per heavy atom. The monoisotopic (exact) mass is 276 g/mol. The van der Waals surface area contributed by atoms with E-state index in [0.717, 1.165) is 31.2 Å². The van der Waals surface area contributed by atoms with Crippen molar-refractivity contribution in [1.82, 2.24) is 10.6 Å². The van der Waals surface area contributed by atoms with E-state index in [9.17, 15) is 9.90 Å². The smallest absolute Gasteiger partial charge is 0.315 e. The third kappa shape index (κ3) is 4.53. The fourth-order valence-corrected chi connectivity index (χ4v) is 2.56. The van der Waals surface area contributed by atoms with Crippen molar-refractivity contribution in [2.24, 2.45) is 5.92 Å². The summed E-state index contributed by atoms with van der Waals surface area (Å²) in [7, 11) is 0. The van der Waals surface area contributed by atoms with Gasteiger partial charge < -0.3 is 15.7 Å². The number of benzene rings is 1. The van der Waals surface area contributed by atoms with Gasteiger partial charge in [0.2, 0.25) is 0 Å². The topological polar surface area (TPSA) is 61.4 Å². The average molecular weight is 276 g/mol. The molecule has 110 valence electrons. The lowest BCUT2D eigenvalue weighted by molar-refractivity contribution is -0.00388. The van der Waals surface area contributed by atoms with Gasteiger partial charge in [-0.3, -0.25) is 0 Å². The first-order valence-electron chi connectivity index (χ1n) is 7.35. The van der Waals surface area contributed by atoms with Crippen LogP contribution in [-0.4, -0.2) is 23.3 Å². The van der Waals surface area contributed by atoms with Crippen LogP contribution in [-0.2, 0) is 6.54 Å². The molecular weight excluding hydrogens is 252 g/mol. The Kier molecular flexibility index (Phi) is 5.01. The van der Waals surface area contributed by atoms with Gasteiger partial charge >= 0.3 is 6.03 Å². The summed E-state index contributed by atoms with van der Waals surface area (Å²) in [5.41, 5.74) is 0.337. The second kappa shape index (κ2) is 6.75. The molecule has 2 amide bonds. The maximum absolute atomic E-state index is 11.7. The molecule has 0 unspecified atom stereocenters. The number of carbonyl (C=O) groups is 1. The molecule has 0 radical (unpaired) electrons. The molecule has 20 heavy (non-hydrogen) atoms. The second-order valence-corrected chi connectivity index (χ2v) is 5.93. The molecule has 1 saturated carbocycles. The van der Waals surface area contributed by atoms with Crippen LogP contribution >= 0.6 is 0 Å². The normalized spacial score (nSPS) is 26.0. The van der Waals surface area contributed by atoms with Gasteiger partial charge in [-0.15, -0.1) is 0 Å². The summed E-state index contributed by atoms with van der Waals surface area (Å²) in [6.07, 6.45) is 3.61. The number of urea groups is 1. The third-order valence-corrected chi connectivity index (χ3v) is 4.08. The van der Waals surface area contributed by atoms with Crippen molar-refractivity contribution in [2.75, 3.05) is 6.54 Å². The lowest BCUT2D eigenvalue weighted by Crippen LogP contribution is -2.47. The minimum atomic E-state index is -0.726. The minimum absolute atomic E-state index is 0.221. The van der Waals surface area contributed by atoms with E-state index in [1.54, 1.807) is 0 Å². The highest BCUT2D eigenvalue weighted by molar-refractivity contribution is 5.73. The van der Waals surface area contributed by atoms with Crippen molar-refractivity contribution >= 4 is 6.03 Å². The number of hydrogen-bond acceptors (Lipinski definition) is 2.